The first-order valence-electron chi connectivity index (χ1n) is 6.36. The molecule has 0 unspecified atom stereocenters. The van der Waals surface area contributed by atoms with E-state index < -0.39 is 9.84 Å². The van der Waals surface area contributed by atoms with Crippen LogP contribution in [0.4, 0.5) is 5.69 Å². The Kier molecular flexibility index (Phi) is 5.78. The summed E-state index contributed by atoms with van der Waals surface area (Å²) in [6, 6.07) is 6.28. The number of anilines is 1. The van der Waals surface area contributed by atoms with E-state index in [1.807, 2.05) is 0 Å². The lowest BCUT2D eigenvalue weighted by Crippen LogP contribution is -2.25. The zero-order valence-corrected chi connectivity index (χ0v) is 12.6. The second-order valence-electron chi connectivity index (χ2n) is 4.63. The van der Waals surface area contributed by atoms with Crippen molar-refractivity contribution in [1.29, 1.82) is 0 Å². The number of carbonyl (C=O) groups is 1. The van der Waals surface area contributed by atoms with Gasteiger partial charge in [-0.25, -0.2) is 8.42 Å². The zero-order valence-electron chi connectivity index (χ0n) is 11.8. The summed E-state index contributed by atoms with van der Waals surface area (Å²) in [7, 11) is -1.53. The molecule has 20 heavy (non-hydrogen) atoms. The van der Waals surface area contributed by atoms with Crippen molar-refractivity contribution in [3.63, 3.8) is 0 Å². The molecule has 1 aromatic rings. The number of carbonyl (C=O) groups excluding carboxylic acids is 1. The van der Waals surface area contributed by atoms with Gasteiger partial charge in [0, 0.05) is 31.8 Å². The summed E-state index contributed by atoms with van der Waals surface area (Å²) in [5.41, 5.74) is 0.680. The van der Waals surface area contributed by atoms with Crippen molar-refractivity contribution in [1.82, 2.24) is 0 Å². The molecule has 0 saturated heterocycles. The van der Waals surface area contributed by atoms with Crippen LogP contribution in [0.2, 0.25) is 0 Å². The van der Waals surface area contributed by atoms with E-state index in [2.05, 4.69) is 5.92 Å². The van der Waals surface area contributed by atoms with Crippen LogP contribution in [0, 0.1) is 12.3 Å². The van der Waals surface area contributed by atoms with Gasteiger partial charge in [0.05, 0.1) is 4.90 Å². The Morgan fingerprint density at radius 2 is 1.85 bits per heavy atom. The number of terminal acetylenes is 1. The van der Waals surface area contributed by atoms with E-state index in [4.69, 9.17) is 6.42 Å². The van der Waals surface area contributed by atoms with Crippen molar-refractivity contribution < 1.29 is 13.2 Å². The number of hydrogen-bond donors (Lipinski definition) is 0. The van der Waals surface area contributed by atoms with Gasteiger partial charge in [0.1, 0.15) is 0 Å². The third kappa shape index (κ3) is 4.71. The molecule has 0 aliphatic heterocycles. The number of amides is 1. The van der Waals surface area contributed by atoms with Gasteiger partial charge in [0.2, 0.25) is 5.91 Å². The fraction of sp³-hybridized carbons (Fsp3) is 0.400. The Labute approximate surface area is 120 Å². The van der Waals surface area contributed by atoms with E-state index in [0.29, 0.717) is 18.5 Å². The van der Waals surface area contributed by atoms with Gasteiger partial charge in [-0.2, -0.15) is 0 Å². The van der Waals surface area contributed by atoms with E-state index in [0.717, 1.165) is 19.1 Å². The van der Waals surface area contributed by atoms with E-state index in [9.17, 15) is 13.2 Å². The molecule has 0 heterocycles. The van der Waals surface area contributed by atoms with Gasteiger partial charge in [-0.3, -0.25) is 4.79 Å². The zero-order chi connectivity index (χ0) is 15.2. The van der Waals surface area contributed by atoms with Crippen LogP contribution >= 0.6 is 0 Å². The van der Waals surface area contributed by atoms with Crippen molar-refractivity contribution in [3.05, 3.63) is 24.3 Å². The maximum atomic E-state index is 11.9. The highest BCUT2D eigenvalue weighted by Gasteiger charge is 2.12. The molecule has 0 saturated carbocycles. The average Bonchev–Trinajstić information content (AvgIpc) is 2.41. The molecule has 4 nitrogen and oxygen atoms in total. The molecule has 0 aromatic heterocycles. The van der Waals surface area contributed by atoms with Gasteiger partial charge < -0.3 is 4.90 Å². The Balaban J connectivity index is 2.66. The highest BCUT2D eigenvalue weighted by molar-refractivity contribution is 7.90. The van der Waals surface area contributed by atoms with Gasteiger partial charge in [-0.1, -0.05) is 0 Å². The summed E-state index contributed by atoms with van der Waals surface area (Å²) in [5.74, 6) is 2.54. The number of hydrogen-bond acceptors (Lipinski definition) is 3. The highest BCUT2D eigenvalue weighted by atomic mass is 32.2. The lowest BCUT2D eigenvalue weighted by molar-refractivity contribution is -0.118. The first-order chi connectivity index (χ1) is 9.36. The maximum Gasteiger partial charge on any atom is 0.226 e. The van der Waals surface area contributed by atoms with Gasteiger partial charge in [-0.15, -0.1) is 12.3 Å². The smallest absolute Gasteiger partial charge is 0.226 e. The number of unbranched alkanes of at least 4 members (excludes halogenated alkanes) is 2. The first kappa shape index (κ1) is 16.3. The number of rotatable bonds is 6. The molecule has 0 bridgehead atoms. The van der Waals surface area contributed by atoms with Gasteiger partial charge in [0.15, 0.2) is 9.84 Å². The normalized spacial score (nSPS) is 10.8. The van der Waals surface area contributed by atoms with Crippen LogP contribution in [0.15, 0.2) is 29.2 Å². The minimum Gasteiger partial charge on any atom is -0.316 e. The summed E-state index contributed by atoms with van der Waals surface area (Å²) in [4.78, 5) is 13.7. The molecule has 1 rings (SSSR count). The molecule has 5 heteroatoms. The van der Waals surface area contributed by atoms with Crippen LogP contribution < -0.4 is 4.90 Å². The van der Waals surface area contributed by atoms with Crippen LogP contribution in [0.1, 0.15) is 25.7 Å². The highest BCUT2D eigenvalue weighted by Crippen LogP contribution is 2.18. The topological polar surface area (TPSA) is 54.5 Å². The number of benzene rings is 1. The fourth-order valence-corrected chi connectivity index (χ4v) is 2.36. The second-order valence-corrected chi connectivity index (χ2v) is 6.65. The Morgan fingerprint density at radius 3 is 2.35 bits per heavy atom. The molecule has 0 N–H and O–H groups in total. The molecule has 0 aliphatic carbocycles. The molecule has 1 aromatic carbocycles. The van der Waals surface area contributed by atoms with Crippen molar-refractivity contribution >= 4 is 21.4 Å². The summed E-state index contributed by atoms with van der Waals surface area (Å²) in [6.07, 6.45) is 9.02. The first-order valence-corrected chi connectivity index (χ1v) is 8.25. The Morgan fingerprint density at radius 1 is 1.25 bits per heavy atom. The summed E-state index contributed by atoms with van der Waals surface area (Å²) >= 11 is 0. The number of sulfone groups is 1. The Bertz CT molecular complexity index is 597. The quantitative estimate of drug-likeness (QED) is 0.597. The molecule has 0 spiro atoms. The van der Waals surface area contributed by atoms with Crippen molar-refractivity contribution in [2.75, 3.05) is 18.2 Å². The minimum absolute atomic E-state index is 0.00544. The molecule has 0 atom stereocenters. The molecule has 0 aliphatic rings. The fourth-order valence-electron chi connectivity index (χ4n) is 1.73. The monoisotopic (exact) mass is 293 g/mol. The third-order valence-corrected chi connectivity index (χ3v) is 4.12. The largest absolute Gasteiger partial charge is 0.316 e. The van der Waals surface area contributed by atoms with Crippen LogP contribution in [-0.2, 0) is 14.6 Å². The van der Waals surface area contributed by atoms with Gasteiger partial charge in [-0.05, 0) is 37.1 Å². The summed E-state index contributed by atoms with van der Waals surface area (Å²) < 4.78 is 22.7. The lowest BCUT2D eigenvalue weighted by Gasteiger charge is -2.17. The minimum atomic E-state index is -3.21. The predicted octanol–water partition coefficient (Wildman–Crippen LogP) is 2.25. The molecule has 0 fully saturated rings. The van der Waals surface area contributed by atoms with E-state index >= 15 is 0 Å². The molecule has 1 amide bonds. The maximum absolute atomic E-state index is 11.9. The van der Waals surface area contributed by atoms with Gasteiger partial charge >= 0.3 is 0 Å². The van der Waals surface area contributed by atoms with E-state index in [-0.39, 0.29) is 10.8 Å². The van der Waals surface area contributed by atoms with Crippen LogP contribution in [0.3, 0.4) is 0 Å². The molecular formula is C15H19NO3S. The second kappa shape index (κ2) is 7.11. The van der Waals surface area contributed by atoms with Crippen molar-refractivity contribution in [2.24, 2.45) is 0 Å². The van der Waals surface area contributed by atoms with Crippen molar-refractivity contribution in [3.8, 4) is 12.3 Å². The SMILES string of the molecule is C#CCCCCC(=O)N(C)c1ccc(S(C)(=O)=O)cc1. The van der Waals surface area contributed by atoms with Crippen LogP contribution in [0.25, 0.3) is 0 Å². The lowest BCUT2D eigenvalue weighted by atomic mass is 10.2. The summed E-state index contributed by atoms with van der Waals surface area (Å²) in [5, 5.41) is 0. The standard InChI is InChI=1S/C15H19NO3S/c1-4-5-6-7-8-15(17)16(2)13-9-11-14(12-10-13)20(3,18)19/h1,9-12H,5-8H2,2-3H3. The van der Waals surface area contributed by atoms with E-state index in [1.165, 1.54) is 17.0 Å². The summed E-state index contributed by atoms with van der Waals surface area (Å²) in [6.45, 7) is 0. The third-order valence-electron chi connectivity index (χ3n) is 2.99. The van der Waals surface area contributed by atoms with Crippen molar-refractivity contribution in [2.45, 2.75) is 30.6 Å². The predicted molar refractivity (Wildman–Crippen MR) is 80.3 cm³/mol. The molecule has 0 radical (unpaired) electrons. The Hall–Kier alpha value is -1.80. The van der Waals surface area contributed by atoms with Gasteiger partial charge in [0.25, 0.3) is 0 Å². The molecular weight excluding hydrogens is 274 g/mol. The van der Waals surface area contributed by atoms with Crippen LogP contribution in [0.5, 0.6) is 0 Å². The van der Waals surface area contributed by atoms with E-state index in [1.54, 1.807) is 19.2 Å². The number of nitrogens with zero attached hydrogens (tertiary/aromatic N) is 1. The average molecular weight is 293 g/mol. The van der Waals surface area contributed by atoms with Crippen LogP contribution in [-0.4, -0.2) is 27.6 Å². The molecule has 108 valence electrons.